The molecule has 2 aromatic heterocycles. The molecule has 48 heavy (non-hydrogen) atoms. The standard InChI is InChI=1S/C42H39N2Si3.Pt/c1-46(2,3)37-20-18-30-22-24-43-41(39(30)28-37)32-12-10-16-35(26-32)45(34-14-8-7-9-15-34)36-17-11-13-33(27-36)42-40-29-38(47(4,5)6)21-19-31(40)23-25-44-42;/h7-25,28-29H,1-6H3;/q-2;+2. The molecular weight excluding hydrogens is 812 g/mol. The first-order valence-electron chi connectivity index (χ1n) is 16.3. The van der Waals surface area contributed by atoms with Crippen LogP contribution in [0.2, 0.25) is 39.3 Å². The van der Waals surface area contributed by atoms with Crippen LogP contribution in [0.3, 0.4) is 0 Å². The van der Waals surface area contributed by atoms with Crippen molar-refractivity contribution in [2.45, 2.75) is 39.3 Å². The van der Waals surface area contributed by atoms with Crippen molar-refractivity contribution in [3.05, 3.63) is 140 Å². The van der Waals surface area contributed by atoms with E-state index in [-0.39, 0.29) is 21.1 Å². The van der Waals surface area contributed by atoms with Gasteiger partial charge in [-0.05, 0) is 45.1 Å². The Bertz CT molecular complexity index is 2100. The molecule has 1 radical (unpaired) electrons. The van der Waals surface area contributed by atoms with Gasteiger partial charge in [0, 0.05) is 12.4 Å². The largest absolute Gasteiger partial charge is 2.00 e. The molecule has 0 fully saturated rings. The summed E-state index contributed by atoms with van der Waals surface area (Å²) in [6.45, 7) is 14.4. The molecular formula is C42H39N2PtSi3. The van der Waals surface area contributed by atoms with Crippen LogP contribution in [0.1, 0.15) is 0 Å². The molecule has 2 nitrogen and oxygen atoms in total. The molecule has 0 atom stereocenters. The van der Waals surface area contributed by atoms with Crippen molar-refractivity contribution in [1.82, 2.24) is 9.97 Å². The molecule has 0 saturated heterocycles. The van der Waals surface area contributed by atoms with E-state index in [1.807, 2.05) is 12.4 Å². The van der Waals surface area contributed by atoms with Crippen molar-refractivity contribution in [2.24, 2.45) is 0 Å². The third kappa shape index (κ3) is 6.88. The van der Waals surface area contributed by atoms with Crippen molar-refractivity contribution >= 4 is 72.4 Å². The van der Waals surface area contributed by atoms with Crippen LogP contribution in [-0.4, -0.2) is 34.9 Å². The van der Waals surface area contributed by atoms with Gasteiger partial charge < -0.3 is 9.97 Å². The number of aromatic nitrogens is 2. The van der Waals surface area contributed by atoms with Gasteiger partial charge in [0.1, 0.15) is 8.80 Å². The maximum Gasteiger partial charge on any atom is 2.00 e. The van der Waals surface area contributed by atoms with Crippen LogP contribution in [0.25, 0.3) is 44.1 Å². The first kappa shape index (κ1) is 34.1. The van der Waals surface area contributed by atoms with Crippen LogP contribution in [0.4, 0.5) is 0 Å². The molecule has 0 aliphatic carbocycles. The predicted octanol–water partition coefficient (Wildman–Crippen LogP) is 7.32. The van der Waals surface area contributed by atoms with E-state index in [4.69, 9.17) is 9.97 Å². The van der Waals surface area contributed by atoms with E-state index in [1.54, 1.807) is 0 Å². The summed E-state index contributed by atoms with van der Waals surface area (Å²) in [4.78, 5) is 9.87. The van der Waals surface area contributed by atoms with Gasteiger partial charge in [0.25, 0.3) is 0 Å². The molecule has 0 unspecified atom stereocenters. The fourth-order valence-electron chi connectivity index (χ4n) is 6.27. The summed E-state index contributed by atoms with van der Waals surface area (Å²) in [5, 5.41) is 11.4. The average Bonchev–Trinajstić information content (AvgIpc) is 3.07. The second-order valence-electron chi connectivity index (χ2n) is 14.4. The van der Waals surface area contributed by atoms with E-state index >= 15 is 0 Å². The van der Waals surface area contributed by atoms with Gasteiger partial charge >= 0.3 is 21.1 Å². The Hall–Kier alpha value is -3.74. The smallest absolute Gasteiger partial charge is 0.304 e. The van der Waals surface area contributed by atoms with Crippen molar-refractivity contribution in [1.29, 1.82) is 0 Å². The van der Waals surface area contributed by atoms with Crippen molar-refractivity contribution in [3.63, 3.8) is 0 Å². The number of hydrogen-bond acceptors (Lipinski definition) is 2. The first-order valence-corrected chi connectivity index (χ1v) is 24.8. The Balaban J connectivity index is 0.00000401. The SMILES string of the molecule is C[Si](C)(C)c1ccc2ccnc(-c3[c-]c([Si](c4[c-]c(-c5nccc6ccc([Si](C)(C)C)cc56)ccc4)c4ccccc4)ccc3)c2c1.[Pt+2]. The Labute approximate surface area is 303 Å². The average molecular weight is 851 g/mol. The van der Waals surface area contributed by atoms with Crippen LogP contribution in [0, 0.1) is 12.1 Å². The summed E-state index contributed by atoms with van der Waals surface area (Å²) in [6, 6.07) is 49.9. The summed E-state index contributed by atoms with van der Waals surface area (Å²) in [6.07, 6.45) is 3.86. The van der Waals surface area contributed by atoms with Gasteiger partial charge in [0.05, 0.1) is 16.1 Å². The number of benzene rings is 5. The minimum atomic E-state index is -1.50. The molecule has 0 amide bonds. The normalized spacial score (nSPS) is 12.0. The van der Waals surface area contributed by atoms with Gasteiger partial charge in [-0.2, -0.15) is 0 Å². The second-order valence-corrected chi connectivity index (χ2v) is 26.9. The monoisotopic (exact) mass is 850 g/mol. The van der Waals surface area contributed by atoms with E-state index in [1.165, 1.54) is 47.5 Å². The molecule has 6 heteroatoms. The molecule has 2 heterocycles. The molecule has 0 aliphatic rings. The van der Waals surface area contributed by atoms with Crippen LogP contribution in [0.5, 0.6) is 0 Å². The number of nitrogens with zero attached hydrogens (tertiary/aromatic N) is 2. The Morgan fingerprint density at radius 3 is 1.40 bits per heavy atom. The van der Waals surface area contributed by atoms with E-state index < -0.39 is 24.9 Å². The second kappa shape index (κ2) is 13.6. The predicted molar refractivity (Wildman–Crippen MR) is 209 cm³/mol. The quantitative estimate of drug-likeness (QED) is 0.0956. The van der Waals surface area contributed by atoms with E-state index in [2.05, 4.69) is 167 Å². The summed E-state index contributed by atoms with van der Waals surface area (Å²) in [5.41, 5.74) is 4.06. The van der Waals surface area contributed by atoms with E-state index in [0.717, 1.165) is 22.5 Å². The summed E-state index contributed by atoms with van der Waals surface area (Å²) in [7, 11) is -4.45. The topological polar surface area (TPSA) is 25.8 Å². The number of hydrogen-bond donors (Lipinski definition) is 0. The summed E-state index contributed by atoms with van der Waals surface area (Å²) >= 11 is 0. The van der Waals surface area contributed by atoms with Gasteiger partial charge in [-0.1, -0.05) is 122 Å². The molecule has 0 aliphatic heterocycles. The molecule has 0 N–H and O–H groups in total. The van der Waals surface area contributed by atoms with Gasteiger partial charge in [-0.15, -0.1) is 70.0 Å². The molecule has 0 spiro atoms. The maximum absolute atomic E-state index is 4.94. The van der Waals surface area contributed by atoms with Crippen LogP contribution in [-0.2, 0) is 21.1 Å². The van der Waals surface area contributed by atoms with E-state index in [0.29, 0.717) is 0 Å². The van der Waals surface area contributed by atoms with Crippen molar-refractivity contribution in [3.8, 4) is 22.5 Å². The minimum Gasteiger partial charge on any atom is -0.304 e. The van der Waals surface area contributed by atoms with Crippen molar-refractivity contribution < 1.29 is 21.1 Å². The Morgan fingerprint density at radius 1 is 0.500 bits per heavy atom. The van der Waals surface area contributed by atoms with Crippen LogP contribution in [0.15, 0.2) is 128 Å². The van der Waals surface area contributed by atoms with Crippen LogP contribution >= 0.6 is 0 Å². The molecule has 0 saturated carbocycles. The zero-order valence-electron chi connectivity index (χ0n) is 28.3. The third-order valence-corrected chi connectivity index (χ3v) is 15.6. The number of rotatable bonds is 7. The molecule has 7 rings (SSSR count). The number of pyridine rings is 2. The molecule has 5 aromatic carbocycles. The summed E-state index contributed by atoms with van der Waals surface area (Å²) in [5.74, 6) is 0. The van der Waals surface area contributed by atoms with Gasteiger partial charge in [0.2, 0.25) is 0 Å². The minimum absolute atomic E-state index is 0. The maximum atomic E-state index is 4.94. The fourth-order valence-corrected chi connectivity index (χ4v) is 11.1. The summed E-state index contributed by atoms with van der Waals surface area (Å²) < 4.78 is 0. The third-order valence-electron chi connectivity index (χ3n) is 8.97. The Kier molecular flexibility index (Phi) is 9.70. The van der Waals surface area contributed by atoms with Crippen molar-refractivity contribution in [2.75, 3.05) is 0 Å². The number of fused-ring (bicyclic) bond motifs is 2. The molecule has 239 valence electrons. The fraction of sp³-hybridized carbons (Fsp3) is 0.143. The van der Waals surface area contributed by atoms with Gasteiger partial charge in [-0.3, -0.25) is 0 Å². The molecule has 7 aromatic rings. The molecule has 0 bridgehead atoms. The van der Waals surface area contributed by atoms with Crippen LogP contribution < -0.4 is 25.9 Å². The van der Waals surface area contributed by atoms with Gasteiger partial charge in [0.15, 0.2) is 0 Å². The zero-order chi connectivity index (χ0) is 32.8. The van der Waals surface area contributed by atoms with E-state index in [9.17, 15) is 0 Å². The van der Waals surface area contributed by atoms with Gasteiger partial charge in [-0.25, -0.2) is 0 Å². The zero-order valence-corrected chi connectivity index (χ0v) is 33.6. The first-order chi connectivity index (χ1) is 22.6. The Morgan fingerprint density at radius 2 is 0.958 bits per heavy atom.